The second-order valence-corrected chi connectivity index (χ2v) is 50.7. The topological polar surface area (TPSA) is 215 Å². The molecule has 0 spiro atoms. The van der Waals surface area contributed by atoms with Crippen LogP contribution in [0.15, 0.2) is 131 Å². The fraction of sp³-hybridized carbons (Fsp3) is 0.492. The third-order valence-corrected chi connectivity index (χ3v) is 33.7. The van der Waals surface area contributed by atoms with Gasteiger partial charge in [0.2, 0.25) is 0 Å². The van der Waals surface area contributed by atoms with Crippen molar-refractivity contribution in [3.63, 3.8) is 0 Å². The van der Waals surface area contributed by atoms with E-state index in [9.17, 15) is 19.6 Å². The molecule has 5 rings (SSSR count). The first-order valence-corrected chi connectivity index (χ1v) is 48.4. The first-order valence-electron chi connectivity index (χ1n) is 27.9. The van der Waals surface area contributed by atoms with Gasteiger partial charge in [-0.05, 0) is 189 Å². The minimum absolute atomic E-state index is 0. The van der Waals surface area contributed by atoms with Gasteiger partial charge in [0.25, 0.3) is 5.69 Å². The molecule has 490 valence electrons. The molecule has 0 aliphatic heterocycles. The van der Waals surface area contributed by atoms with Crippen LogP contribution < -0.4 is 151 Å². The van der Waals surface area contributed by atoms with Gasteiger partial charge in [0.05, 0.1) is 18.3 Å². The van der Waals surface area contributed by atoms with Gasteiger partial charge in [0.1, 0.15) is 17.2 Å². The van der Waals surface area contributed by atoms with Crippen molar-refractivity contribution in [3.8, 4) is 17.2 Å². The maximum absolute atomic E-state index is 11.7. The van der Waals surface area contributed by atoms with Gasteiger partial charge in [-0.25, -0.2) is 0 Å². The molecule has 10 atom stereocenters. The average Bonchev–Trinajstić information content (AvgIpc) is 3.24. The van der Waals surface area contributed by atoms with Crippen LogP contribution in [0.2, 0.25) is 0 Å². The van der Waals surface area contributed by atoms with Gasteiger partial charge in [-0.3, -0.25) is 0 Å². The van der Waals surface area contributed by atoms with E-state index in [2.05, 4.69) is 52.0 Å². The molecule has 0 saturated carbocycles. The molecule has 0 bridgehead atoms. The quantitative estimate of drug-likeness (QED) is 0.0313. The first kappa shape index (κ1) is 101. The van der Waals surface area contributed by atoms with Crippen LogP contribution in [0, 0.1) is 34.6 Å². The average molecular weight is 1550 g/mol. The fourth-order valence-electron chi connectivity index (χ4n) is 5.57. The number of hydrogen-bond acceptors (Lipinski definition) is 21. The first-order chi connectivity index (χ1) is 39.1. The number of benzene rings is 5. The van der Waals surface area contributed by atoms with Crippen molar-refractivity contribution < 1.29 is 157 Å². The Bertz CT molecular complexity index is 2580. The molecular weight excluding hydrogens is 1460 g/mol. The summed E-state index contributed by atoms with van der Waals surface area (Å²) in [6.45, 7) is 34.1. The molecule has 89 heavy (non-hydrogen) atoms. The smallest absolute Gasteiger partial charge is 0.793 e. The second-order valence-electron chi connectivity index (χ2n) is 19.7. The molecule has 5 aromatic rings. The predicted octanol–water partition coefficient (Wildman–Crippen LogP) is 11.9. The Morgan fingerprint density at radius 3 is 0.820 bits per heavy atom. The van der Waals surface area contributed by atoms with Crippen molar-refractivity contribution in [1.82, 2.24) is 12.3 Å². The Balaban J connectivity index is -0.000000337. The van der Waals surface area contributed by atoms with E-state index in [1.54, 1.807) is 0 Å². The van der Waals surface area contributed by atoms with Crippen molar-refractivity contribution in [2.24, 2.45) is 0 Å². The van der Waals surface area contributed by atoms with Crippen molar-refractivity contribution in [3.05, 3.63) is 149 Å². The molecule has 0 amide bonds. The molecule has 0 aliphatic rings. The molecule has 0 saturated heterocycles. The summed E-state index contributed by atoms with van der Waals surface area (Å²) < 4.78 is 33.8. The maximum atomic E-state index is 11.7. The number of hydrogen-bond donors (Lipinski definition) is 3. The third kappa shape index (κ3) is 50.7. The monoisotopic (exact) mass is 1550 g/mol. The summed E-state index contributed by atoms with van der Waals surface area (Å²) in [6, 6.07) is 39.4. The Morgan fingerprint density at radius 2 is 0.596 bits per heavy atom. The molecule has 5 aromatic carbocycles. The van der Waals surface area contributed by atoms with Crippen molar-refractivity contribution in [2.45, 2.75) is 200 Å². The van der Waals surface area contributed by atoms with Crippen molar-refractivity contribution in [2.75, 3.05) is 0 Å². The second kappa shape index (κ2) is 53.6. The molecule has 30 heteroatoms. The molecule has 0 heterocycles. The molecule has 12 nitrogen and oxygen atoms in total. The van der Waals surface area contributed by atoms with Crippen LogP contribution >= 0.6 is 85.4 Å². The molecule has 0 aliphatic carbocycles. The van der Waals surface area contributed by atoms with E-state index in [0.29, 0.717) is 21.5 Å². The standard InChI is InChI=1S/C21H21O2PS2.C14H15O2PS2.3C8H19O2PS2.K.2H3N.2Na/c1-16-4-10-19(11-5-16)22-24(25,23-20-12-6-17(2)7-13-20)26-21-14-8-18(3)9-15-21;1-11-3-7-13(8-4-11)16-17(15,18)19-14-9-5-12(2)6-10-14;3*1-5-7(3)10-11(9,12)13-8(4)6-2;;;;;/h4-15H,1-3H3;3-10H,1-2H3,(H,15,18);3*7-8H,5-6H2,1-4H3,(H,9,12);;2*1H3;;/q;;;;;+1;;;2*+1/p-3. The van der Waals surface area contributed by atoms with E-state index in [4.69, 9.17) is 86.2 Å². The molecule has 10 unspecified atom stereocenters. The zero-order valence-corrected chi connectivity index (χ0v) is 75.9. The minimum atomic E-state index is -2.92. The summed E-state index contributed by atoms with van der Waals surface area (Å²) >= 11 is 32.4. The normalized spacial score (nSPS) is 15.3. The van der Waals surface area contributed by atoms with Crippen LogP contribution in [-0.4, -0.2) is 39.0 Å². The van der Waals surface area contributed by atoms with Crippen LogP contribution in [0.3, 0.4) is 0 Å². The summed E-state index contributed by atoms with van der Waals surface area (Å²) in [4.78, 5) is 47.3. The van der Waals surface area contributed by atoms with Crippen molar-refractivity contribution >= 4 is 144 Å². The van der Waals surface area contributed by atoms with Gasteiger partial charge < -0.3 is 59.0 Å². The van der Waals surface area contributed by atoms with E-state index < -0.39 is 28.5 Å². The van der Waals surface area contributed by atoms with Crippen LogP contribution in [0.25, 0.3) is 0 Å². The van der Waals surface area contributed by atoms with Crippen LogP contribution in [0.4, 0.5) is 0 Å². The maximum Gasteiger partial charge on any atom is 1.00 e. The van der Waals surface area contributed by atoms with Crippen LogP contribution in [0.1, 0.15) is 149 Å². The van der Waals surface area contributed by atoms with Crippen LogP contribution in [-0.2, 0) is 72.6 Å². The Labute approximate surface area is 670 Å². The van der Waals surface area contributed by atoms with E-state index in [1.165, 1.54) is 79.2 Å². The SMILES string of the molecule is CCC(C)OP([O-])(=S)SC(C)CC.CCC(C)OP([O-])(=S)SC(C)CC.CCC(C)OP([O-])(=S)SC(C)CC.Cc1ccc(OP(=S)(Oc2ccc(C)cc2)Sc2ccc(C)cc2)cc1.Cc1ccc(OP(O)(=S)Sc2ccc(C)cc2)cc1.N.N.[K+].[Na+].[Na+]. The molecule has 0 radical (unpaired) electrons. The molecule has 0 fully saturated rings. The van der Waals surface area contributed by atoms with E-state index in [1.807, 2.05) is 187 Å². The van der Waals surface area contributed by atoms with Gasteiger partial charge in [0, 0.05) is 54.4 Å². The Hall–Kier alpha value is 3.78. The van der Waals surface area contributed by atoms with E-state index >= 15 is 0 Å². The summed E-state index contributed by atoms with van der Waals surface area (Å²) in [5.41, 5.74) is -8.23. The minimum Gasteiger partial charge on any atom is -0.793 e. The summed E-state index contributed by atoms with van der Waals surface area (Å²) in [7, 11) is 0. The Kier molecular flexibility index (Phi) is 61.1. The predicted molar refractivity (Wildman–Crippen MR) is 398 cm³/mol. The van der Waals surface area contributed by atoms with E-state index in [-0.39, 0.29) is 141 Å². The molecule has 7 N–H and O–H groups in total. The van der Waals surface area contributed by atoms with Gasteiger partial charge in [-0.2, -0.15) is 0 Å². The largest absolute Gasteiger partial charge is 1.00 e. The van der Waals surface area contributed by atoms with E-state index in [0.717, 1.165) is 65.4 Å². The fourth-order valence-corrected chi connectivity index (χ4v) is 29.7. The zero-order valence-electron chi connectivity index (χ0n) is 56.1. The number of rotatable bonds is 28. The zero-order chi connectivity index (χ0) is 63.9. The van der Waals surface area contributed by atoms with Crippen LogP contribution in [0.5, 0.6) is 17.2 Å². The number of aryl methyl sites for hydroxylation is 5. The summed E-state index contributed by atoms with van der Waals surface area (Å²) in [6.07, 6.45) is 5.45. The van der Waals surface area contributed by atoms with Gasteiger partial charge >= 0.3 is 116 Å². The van der Waals surface area contributed by atoms with Gasteiger partial charge in [-0.15, -0.1) is 34.1 Å². The van der Waals surface area contributed by atoms with Gasteiger partial charge in [0.15, 0.2) is 0 Å². The summed E-state index contributed by atoms with van der Waals surface area (Å²) in [5.74, 6) is 2.06. The van der Waals surface area contributed by atoms with Crippen molar-refractivity contribution in [1.29, 1.82) is 0 Å². The summed E-state index contributed by atoms with van der Waals surface area (Å²) in [5, 5.41) is 0.937. The third-order valence-electron chi connectivity index (χ3n) is 11.5. The molecule has 0 aromatic heterocycles. The van der Waals surface area contributed by atoms with Gasteiger partial charge in [-0.1, -0.05) is 186 Å². The Morgan fingerprint density at radius 1 is 0.382 bits per heavy atom. The molecular formula is C59H96KN2Na2O10P5S10.